The molecular formula is C13H18N6S. The maximum Gasteiger partial charge on any atom is 0.194 e. The Balaban J connectivity index is 2.36. The molecule has 2 aromatic heterocycles. The summed E-state index contributed by atoms with van der Waals surface area (Å²) < 4.78 is 0. The van der Waals surface area contributed by atoms with Gasteiger partial charge >= 0.3 is 0 Å². The van der Waals surface area contributed by atoms with E-state index in [1.165, 1.54) is 11.8 Å². The molecule has 7 heteroatoms. The molecular weight excluding hydrogens is 272 g/mol. The Kier molecular flexibility index (Phi) is 4.86. The summed E-state index contributed by atoms with van der Waals surface area (Å²) in [5.41, 5.74) is 4.46. The highest BCUT2D eigenvalue weighted by Crippen LogP contribution is 2.29. The number of aryl methyl sites for hydroxylation is 2. The van der Waals surface area contributed by atoms with Gasteiger partial charge in [-0.15, -0.1) is 0 Å². The van der Waals surface area contributed by atoms with Gasteiger partial charge in [-0.3, -0.25) is 0 Å². The molecule has 2 aromatic rings. The topological polar surface area (TPSA) is 89.6 Å². The van der Waals surface area contributed by atoms with Crippen LogP contribution < -0.4 is 11.3 Å². The fourth-order valence-corrected chi connectivity index (χ4v) is 2.55. The molecule has 0 fully saturated rings. The van der Waals surface area contributed by atoms with Crippen LogP contribution in [-0.2, 0) is 6.42 Å². The van der Waals surface area contributed by atoms with Crippen molar-refractivity contribution in [2.45, 2.75) is 43.8 Å². The van der Waals surface area contributed by atoms with Gasteiger partial charge in [-0.2, -0.15) is 0 Å². The fourth-order valence-electron chi connectivity index (χ4n) is 1.68. The monoisotopic (exact) mass is 290 g/mol. The molecule has 0 saturated heterocycles. The van der Waals surface area contributed by atoms with Crippen molar-refractivity contribution in [3.05, 3.63) is 29.3 Å². The molecule has 20 heavy (non-hydrogen) atoms. The van der Waals surface area contributed by atoms with E-state index in [1.807, 2.05) is 19.9 Å². The highest BCUT2D eigenvalue weighted by molar-refractivity contribution is 7.99. The molecule has 0 saturated carbocycles. The number of hydrazine groups is 1. The third-order valence-corrected chi connectivity index (χ3v) is 3.69. The lowest BCUT2D eigenvalue weighted by atomic mass is 10.3. The van der Waals surface area contributed by atoms with Crippen LogP contribution in [0.4, 0.5) is 5.82 Å². The lowest BCUT2D eigenvalue weighted by molar-refractivity contribution is 0.800. The Morgan fingerprint density at radius 3 is 2.70 bits per heavy atom. The number of hydrogen-bond acceptors (Lipinski definition) is 7. The molecule has 0 spiro atoms. The number of anilines is 1. The zero-order chi connectivity index (χ0) is 14.5. The highest BCUT2D eigenvalue weighted by Gasteiger charge is 2.12. The van der Waals surface area contributed by atoms with Crippen molar-refractivity contribution in [2.75, 3.05) is 5.43 Å². The number of nitrogen functional groups attached to an aromatic ring is 1. The molecule has 0 aliphatic rings. The summed E-state index contributed by atoms with van der Waals surface area (Å²) in [5, 5.41) is 1.51. The molecule has 0 atom stereocenters. The molecule has 0 aliphatic heterocycles. The molecule has 0 radical (unpaired) electrons. The number of nitrogens with zero attached hydrogens (tertiary/aromatic N) is 4. The minimum absolute atomic E-state index is 0.651. The van der Waals surface area contributed by atoms with Gasteiger partial charge in [0.05, 0.1) is 0 Å². The van der Waals surface area contributed by atoms with Crippen molar-refractivity contribution in [3.8, 4) is 0 Å². The van der Waals surface area contributed by atoms with E-state index in [0.29, 0.717) is 11.0 Å². The maximum atomic E-state index is 5.52. The second-order valence-corrected chi connectivity index (χ2v) is 5.35. The number of aromatic nitrogens is 4. The van der Waals surface area contributed by atoms with Gasteiger partial charge in [-0.05, 0) is 38.1 Å². The van der Waals surface area contributed by atoms with Crippen LogP contribution in [0.15, 0.2) is 22.4 Å². The number of nitrogens with one attached hydrogen (secondary N) is 1. The molecule has 2 rings (SSSR count). The van der Waals surface area contributed by atoms with Crippen LogP contribution in [-0.4, -0.2) is 19.9 Å². The van der Waals surface area contributed by atoms with E-state index in [0.717, 1.165) is 34.9 Å². The summed E-state index contributed by atoms with van der Waals surface area (Å²) >= 11 is 1.43. The van der Waals surface area contributed by atoms with Crippen molar-refractivity contribution in [1.82, 2.24) is 19.9 Å². The smallest absolute Gasteiger partial charge is 0.194 e. The summed E-state index contributed by atoms with van der Waals surface area (Å²) in [6, 6.07) is 1.87. The van der Waals surface area contributed by atoms with Crippen LogP contribution in [0.25, 0.3) is 0 Å². The lowest BCUT2D eigenvalue weighted by Gasteiger charge is -2.10. The van der Waals surface area contributed by atoms with Crippen LogP contribution in [0.5, 0.6) is 0 Å². The molecule has 0 amide bonds. The first-order chi connectivity index (χ1) is 9.63. The fraction of sp³-hybridized carbons (Fsp3) is 0.385. The second-order valence-electron chi connectivity index (χ2n) is 4.40. The summed E-state index contributed by atoms with van der Waals surface area (Å²) in [6.07, 6.45) is 3.55. The van der Waals surface area contributed by atoms with Crippen molar-refractivity contribution in [1.29, 1.82) is 0 Å². The standard InChI is InChI=1S/C13H18N6S/c1-4-5-10-17-11(19-14)9(3)12(18-10)20-13-15-7-6-8(2)16-13/h6-7H,4-5,14H2,1-3H3,(H,17,18,19). The number of nitrogens with two attached hydrogens (primary N) is 1. The molecule has 6 nitrogen and oxygen atoms in total. The van der Waals surface area contributed by atoms with E-state index < -0.39 is 0 Å². The summed E-state index contributed by atoms with van der Waals surface area (Å²) in [5.74, 6) is 6.95. The van der Waals surface area contributed by atoms with E-state index >= 15 is 0 Å². The Bertz CT molecular complexity index is 601. The average molecular weight is 290 g/mol. The Hall–Kier alpha value is -1.73. The van der Waals surface area contributed by atoms with Crippen molar-refractivity contribution in [2.24, 2.45) is 5.84 Å². The van der Waals surface area contributed by atoms with Gasteiger partial charge in [0.2, 0.25) is 0 Å². The first-order valence-corrected chi connectivity index (χ1v) is 7.27. The quantitative estimate of drug-likeness (QED) is 0.378. The normalized spacial score (nSPS) is 10.6. The largest absolute Gasteiger partial charge is 0.308 e. The van der Waals surface area contributed by atoms with Gasteiger partial charge < -0.3 is 5.43 Å². The van der Waals surface area contributed by atoms with Gasteiger partial charge in [0.1, 0.15) is 16.7 Å². The van der Waals surface area contributed by atoms with Gasteiger partial charge in [0, 0.05) is 23.9 Å². The average Bonchev–Trinajstić information content (AvgIpc) is 2.42. The molecule has 3 N–H and O–H groups in total. The van der Waals surface area contributed by atoms with Crippen LogP contribution in [0.1, 0.15) is 30.4 Å². The Labute approximate surface area is 122 Å². The maximum absolute atomic E-state index is 5.52. The molecule has 0 aliphatic carbocycles. The molecule has 0 aromatic carbocycles. The summed E-state index contributed by atoms with van der Waals surface area (Å²) in [6.45, 7) is 5.96. The molecule has 0 bridgehead atoms. The zero-order valence-corrected chi connectivity index (χ0v) is 12.7. The summed E-state index contributed by atoms with van der Waals surface area (Å²) in [4.78, 5) is 17.6. The van der Waals surface area contributed by atoms with Crippen molar-refractivity contribution < 1.29 is 0 Å². The van der Waals surface area contributed by atoms with Gasteiger partial charge in [-0.1, -0.05) is 6.92 Å². The van der Waals surface area contributed by atoms with Crippen molar-refractivity contribution >= 4 is 17.6 Å². The Morgan fingerprint density at radius 1 is 1.25 bits per heavy atom. The predicted molar refractivity (Wildman–Crippen MR) is 79.5 cm³/mol. The van der Waals surface area contributed by atoms with Gasteiger partial charge in [0.25, 0.3) is 0 Å². The van der Waals surface area contributed by atoms with E-state index in [-0.39, 0.29) is 0 Å². The van der Waals surface area contributed by atoms with Crippen LogP contribution in [0.3, 0.4) is 0 Å². The van der Waals surface area contributed by atoms with E-state index in [4.69, 9.17) is 5.84 Å². The highest BCUT2D eigenvalue weighted by atomic mass is 32.2. The minimum Gasteiger partial charge on any atom is -0.308 e. The SMILES string of the molecule is CCCc1nc(NN)c(C)c(Sc2nccc(C)n2)n1. The second kappa shape index (κ2) is 6.62. The lowest BCUT2D eigenvalue weighted by Crippen LogP contribution is -2.13. The first kappa shape index (κ1) is 14.7. The van der Waals surface area contributed by atoms with E-state index in [9.17, 15) is 0 Å². The summed E-state index contributed by atoms with van der Waals surface area (Å²) in [7, 11) is 0. The van der Waals surface area contributed by atoms with E-state index in [2.05, 4.69) is 32.3 Å². The Morgan fingerprint density at radius 2 is 2.05 bits per heavy atom. The van der Waals surface area contributed by atoms with Crippen LogP contribution in [0.2, 0.25) is 0 Å². The molecule has 106 valence electrons. The minimum atomic E-state index is 0.651. The van der Waals surface area contributed by atoms with E-state index in [1.54, 1.807) is 6.20 Å². The molecule has 2 heterocycles. The van der Waals surface area contributed by atoms with Gasteiger partial charge in [0.15, 0.2) is 5.16 Å². The van der Waals surface area contributed by atoms with Crippen molar-refractivity contribution in [3.63, 3.8) is 0 Å². The van der Waals surface area contributed by atoms with Gasteiger partial charge in [-0.25, -0.2) is 25.8 Å². The number of rotatable bonds is 5. The van der Waals surface area contributed by atoms with Crippen LogP contribution in [0, 0.1) is 13.8 Å². The zero-order valence-electron chi connectivity index (χ0n) is 11.8. The number of hydrogen-bond donors (Lipinski definition) is 2. The predicted octanol–water partition coefficient (Wildman–Crippen LogP) is 2.27. The molecule has 0 unspecified atom stereocenters. The third-order valence-electron chi connectivity index (χ3n) is 2.72. The third kappa shape index (κ3) is 3.43. The first-order valence-electron chi connectivity index (χ1n) is 6.45. The van der Waals surface area contributed by atoms with Crippen LogP contribution >= 0.6 is 11.8 Å².